The van der Waals surface area contributed by atoms with Gasteiger partial charge in [0, 0.05) is 60.0 Å². The van der Waals surface area contributed by atoms with Crippen LogP contribution in [0.25, 0.3) is 155 Å². The average Bonchev–Trinajstić information content (AvgIpc) is 4.45. The van der Waals surface area contributed by atoms with Crippen molar-refractivity contribution in [3.63, 3.8) is 0 Å². The van der Waals surface area contributed by atoms with Gasteiger partial charge >= 0.3 is 0 Å². The lowest BCUT2D eigenvalue weighted by Crippen LogP contribution is -2.05. The number of aromatic nitrogens is 8. The lowest BCUT2D eigenvalue weighted by atomic mass is 9.96. The van der Waals surface area contributed by atoms with Gasteiger partial charge in [0.15, 0.2) is 11.6 Å². The number of hydrogen-bond acceptors (Lipinski definition) is 4. The molecule has 8 heteroatoms. The van der Waals surface area contributed by atoms with Gasteiger partial charge in [0.25, 0.3) is 0 Å². The summed E-state index contributed by atoms with van der Waals surface area (Å²) in [6.45, 7) is 0. The molecule has 0 aliphatic rings. The van der Waals surface area contributed by atoms with Crippen molar-refractivity contribution in [2.75, 3.05) is 0 Å². The van der Waals surface area contributed by atoms with Gasteiger partial charge in [-0.15, -0.1) is 0 Å². The van der Waals surface area contributed by atoms with Gasteiger partial charge in [-0.05, 0) is 90.0 Å². The molecule has 0 N–H and O–H groups in total. The van der Waals surface area contributed by atoms with E-state index in [0.29, 0.717) is 0 Å². The van der Waals surface area contributed by atoms with Crippen LogP contribution < -0.4 is 0 Å². The molecule has 0 aliphatic carbocycles. The molecule has 6 aromatic heterocycles. The maximum atomic E-state index is 5.77. The Balaban J connectivity index is 0.976. The predicted molar refractivity (Wildman–Crippen MR) is 321 cm³/mol. The summed E-state index contributed by atoms with van der Waals surface area (Å²) in [4.78, 5) is 21.8. The van der Waals surface area contributed by atoms with Gasteiger partial charge in [-0.25, -0.2) is 15.0 Å². The molecule has 362 valence electrons. The number of fused-ring (bicyclic) bond motifs is 16. The summed E-state index contributed by atoms with van der Waals surface area (Å²) < 4.78 is 9.54. The summed E-state index contributed by atoms with van der Waals surface area (Å²) in [5.41, 5.74) is 18.1. The van der Waals surface area contributed by atoms with Gasteiger partial charge in [0.2, 0.25) is 0 Å². The Morgan fingerprint density at radius 1 is 0.282 bits per heavy atom. The SMILES string of the molecule is c1ccc(-c2nc3cc(-c4cc5c6ccccc6n(-c6cnc7ccccc7n6)c5c5c4c4ccccc4n5-c4ccccc4)ccc3nc2-n2c3ccccc3c3ccc4c5ccccc5n(-c5ccccc5)c4c32)cc1. The Labute approximate surface area is 445 Å². The van der Waals surface area contributed by atoms with Crippen LogP contribution in [0.4, 0.5) is 0 Å². The molecule has 11 aromatic carbocycles. The van der Waals surface area contributed by atoms with Crippen LogP contribution in [0.1, 0.15) is 0 Å². The number of hydrogen-bond donors (Lipinski definition) is 0. The highest BCUT2D eigenvalue weighted by Crippen LogP contribution is 2.48. The number of nitrogens with zero attached hydrogens (tertiary/aromatic N) is 8. The Kier molecular flexibility index (Phi) is 8.96. The van der Waals surface area contributed by atoms with E-state index in [4.69, 9.17) is 19.9 Å². The molecule has 0 bridgehead atoms. The van der Waals surface area contributed by atoms with Crippen molar-refractivity contribution in [3.8, 4) is 45.4 Å². The Morgan fingerprint density at radius 2 is 0.769 bits per heavy atom. The summed E-state index contributed by atoms with van der Waals surface area (Å²) in [7, 11) is 0. The predicted octanol–water partition coefficient (Wildman–Crippen LogP) is 17.3. The summed E-state index contributed by atoms with van der Waals surface area (Å²) in [5, 5.41) is 9.19. The van der Waals surface area contributed by atoms with Crippen molar-refractivity contribution in [1.29, 1.82) is 0 Å². The number of rotatable bonds is 6. The highest BCUT2D eigenvalue weighted by atomic mass is 15.1. The third kappa shape index (κ3) is 6.05. The van der Waals surface area contributed by atoms with Crippen LogP contribution in [0.2, 0.25) is 0 Å². The number of para-hydroxylation sites is 8. The second-order valence-corrected chi connectivity index (χ2v) is 20.2. The first-order valence-electron chi connectivity index (χ1n) is 26.4. The third-order valence-corrected chi connectivity index (χ3v) is 15.9. The van der Waals surface area contributed by atoms with Crippen LogP contribution in [0.3, 0.4) is 0 Å². The minimum absolute atomic E-state index is 0.759. The van der Waals surface area contributed by atoms with E-state index in [-0.39, 0.29) is 0 Å². The summed E-state index contributed by atoms with van der Waals surface area (Å²) in [6, 6.07) is 88.6. The average molecular weight is 995 g/mol. The fourth-order valence-corrected chi connectivity index (χ4v) is 12.7. The van der Waals surface area contributed by atoms with Crippen molar-refractivity contribution in [3.05, 3.63) is 255 Å². The Hall–Kier alpha value is -10.7. The molecule has 0 radical (unpaired) electrons. The molecule has 8 nitrogen and oxygen atoms in total. The highest BCUT2D eigenvalue weighted by Gasteiger charge is 2.27. The van der Waals surface area contributed by atoms with E-state index in [9.17, 15) is 0 Å². The lowest BCUT2D eigenvalue weighted by molar-refractivity contribution is 1.07. The first-order chi connectivity index (χ1) is 38.7. The van der Waals surface area contributed by atoms with Crippen LogP contribution in [0, 0.1) is 0 Å². The minimum atomic E-state index is 0.759. The van der Waals surface area contributed by atoms with Crippen molar-refractivity contribution < 1.29 is 0 Å². The third-order valence-electron chi connectivity index (χ3n) is 15.9. The van der Waals surface area contributed by atoms with E-state index >= 15 is 0 Å². The van der Waals surface area contributed by atoms with E-state index in [1.165, 1.54) is 10.8 Å². The molecule has 0 spiro atoms. The van der Waals surface area contributed by atoms with Crippen molar-refractivity contribution in [2.45, 2.75) is 0 Å². The van der Waals surface area contributed by atoms with E-state index in [1.807, 2.05) is 30.5 Å². The Bertz CT molecular complexity index is 5320. The summed E-state index contributed by atoms with van der Waals surface area (Å²) in [5.74, 6) is 1.53. The molecular formula is C70H42N8. The standard InChI is InChI=1S/C70H42N8/c1-4-20-43(21-5-1)65-70(78-61-34-18-11-27-48(61)51-38-37-50-47-26-10-16-32-59(47)75(66(50)67(51)78)45-22-6-2-7-23-45)74-57-39-36-44(40-58(57)73-65)53-41-54-49-28-12-17-33-60(49)77(63-42-71-55-30-14-15-31-56(55)72-63)68(54)69-64(53)52-29-13-19-35-62(52)76(69)46-24-8-3-9-25-46/h1-42H. The molecule has 0 saturated heterocycles. The highest BCUT2D eigenvalue weighted by molar-refractivity contribution is 6.29. The largest absolute Gasteiger partial charge is 0.307 e. The smallest absolute Gasteiger partial charge is 0.165 e. The maximum Gasteiger partial charge on any atom is 0.165 e. The molecule has 17 aromatic rings. The molecule has 6 heterocycles. The fourth-order valence-electron chi connectivity index (χ4n) is 12.7. The van der Waals surface area contributed by atoms with Crippen molar-refractivity contribution in [2.24, 2.45) is 0 Å². The molecular weight excluding hydrogens is 953 g/mol. The second-order valence-electron chi connectivity index (χ2n) is 20.2. The zero-order chi connectivity index (χ0) is 51.0. The Morgan fingerprint density at radius 3 is 1.44 bits per heavy atom. The zero-order valence-corrected chi connectivity index (χ0v) is 41.8. The van der Waals surface area contributed by atoms with Gasteiger partial charge in [0.1, 0.15) is 5.69 Å². The zero-order valence-electron chi connectivity index (χ0n) is 41.8. The molecule has 0 aliphatic heterocycles. The molecule has 0 fully saturated rings. The molecule has 0 atom stereocenters. The van der Waals surface area contributed by atoms with Crippen molar-refractivity contribution >= 4 is 109 Å². The van der Waals surface area contributed by atoms with E-state index < -0.39 is 0 Å². The fraction of sp³-hybridized carbons (Fsp3) is 0. The summed E-state index contributed by atoms with van der Waals surface area (Å²) >= 11 is 0. The molecule has 17 rings (SSSR count). The van der Waals surface area contributed by atoms with E-state index in [2.05, 4.69) is 243 Å². The van der Waals surface area contributed by atoms with Crippen LogP contribution in [-0.4, -0.2) is 38.2 Å². The minimum Gasteiger partial charge on any atom is -0.307 e. The quantitative estimate of drug-likeness (QED) is 0.166. The first-order valence-corrected chi connectivity index (χ1v) is 26.4. The van der Waals surface area contributed by atoms with E-state index in [1.54, 1.807) is 0 Å². The van der Waals surface area contributed by atoms with Gasteiger partial charge in [0.05, 0.1) is 72.4 Å². The normalized spacial score (nSPS) is 12.1. The maximum absolute atomic E-state index is 5.77. The van der Waals surface area contributed by atoms with Crippen LogP contribution in [-0.2, 0) is 0 Å². The number of benzene rings is 11. The topological polar surface area (TPSA) is 71.3 Å². The first kappa shape index (κ1) is 42.6. The summed E-state index contributed by atoms with van der Waals surface area (Å²) in [6.07, 6.45) is 1.91. The van der Waals surface area contributed by atoms with Crippen molar-refractivity contribution in [1.82, 2.24) is 38.2 Å². The van der Waals surface area contributed by atoms with Gasteiger partial charge in [-0.3, -0.25) is 14.1 Å². The molecule has 0 amide bonds. The lowest BCUT2D eigenvalue weighted by Gasteiger charge is -2.16. The molecule has 0 saturated carbocycles. The monoisotopic (exact) mass is 994 g/mol. The second kappa shape index (κ2) is 16.4. The van der Waals surface area contributed by atoms with Gasteiger partial charge in [-0.1, -0.05) is 170 Å². The van der Waals surface area contributed by atoms with Crippen LogP contribution in [0.5, 0.6) is 0 Å². The van der Waals surface area contributed by atoms with Crippen LogP contribution in [0.15, 0.2) is 255 Å². The molecule has 0 unspecified atom stereocenters. The molecule has 78 heavy (non-hydrogen) atoms. The van der Waals surface area contributed by atoms with Gasteiger partial charge < -0.3 is 9.13 Å². The van der Waals surface area contributed by atoms with Gasteiger partial charge in [-0.2, -0.15) is 0 Å². The van der Waals surface area contributed by atoms with E-state index in [0.717, 1.165) is 144 Å². The van der Waals surface area contributed by atoms with Crippen LogP contribution >= 0.6 is 0 Å².